The number of amides is 1. The van der Waals surface area contributed by atoms with Crippen LogP contribution < -0.4 is 10.1 Å². The summed E-state index contributed by atoms with van der Waals surface area (Å²) in [6, 6.07) is 17.1. The van der Waals surface area contributed by atoms with Crippen molar-refractivity contribution >= 4 is 17.6 Å². The first-order valence-corrected chi connectivity index (χ1v) is 9.03. The number of nitrogens with zero attached hydrogens (tertiary/aromatic N) is 1. The molecule has 0 spiro atoms. The SMILES string of the molecule is C[C@@H]1CN(CC(=O)Nc2ccc(OCc3ccccc3)cc2)C[C@H]1C(=O)O. The molecular weight excluding hydrogens is 344 g/mol. The molecule has 2 N–H and O–H groups in total. The third-order valence-corrected chi connectivity index (χ3v) is 4.76. The first kappa shape index (κ1) is 18.9. The largest absolute Gasteiger partial charge is 0.489 e. The summed E-state index contributed by atoms with van der Waals surface area (Å²) in [6.45, 7) is 3.63. The van der Waals surface area contributed by atoms with Gasteiger partial charge in [0, 0.05) is 18.8 Å². The predicted octanol–water partition coefficient (Wildman–Crippen LogP) is 2.86. The van der Waals surface area contributed by atoms with Crippen LogP contribution in [0.15, 0.2) is 54.6 Å². The van der Waals surface area contributed by atoms with E-state index in [-0.39, 0.29) is 18.4 Å². The Balaban J connectivity index is 1.46. The standard InChI is InChI=1S/C21H24N2O4/c1-15-11-23(12-19(15)21(25)26)13-20(24)22-17-7-9-18(10-8-17)27-14-16-5-3-2-4-6-16/h2-10,15,19H,11-14H2,1H3,(H,22,24)(H,25,26)/t15-,19-/m1/s1. The van der Waals surface area contributed by atoms with E-state index in [1.165, 1.54) is 0 Å². The minimum Gasteiger partial charge on any atom is -0.489 e. The summed E-state index contributed by atoms with van der Waals surface area (Å²) in [6.07, 6.45) is 0. The number of carboxylic acid groups (broad SMARTS) is 1. The Labute approximate surface area is 158 Å². The van der Waals surface area contributed by atoms with Crippen LogP contribution >= 0.6 is 0 Å². The minimum absolute atomic E-state index is 0.0522. The molecular formula is C21H24N2O4. The van der Waals surface area contributed by atoms with Crippen molar-refractivity contribution < 1.29 is 19.4 Å². The molecule has 0 radical (unpaired) electrons. The number of rotatable bonds is 7. The van der Waals surface area contributed by atoms with E-state index in [0.717, 1.165) is 11.3 Å². The van der Waals surface area contributed by atoms with Gasteiger partial charge in [0.15, 0.2) is 0 Å². The Hall–Kier alpha value is -2.86. The third kappa shape index (κ3) is 5.31. The van der Waals surface area contributed by atoms with Crippen molar-refractivity contribution in [2.75, 3.05) is 25.0 Å². The summed E-state index contributed by atoms with van der Waals surface area (Å²) < 4.78 is 5.73. The van der Waals surface area contributed by atoms with E-state index in [9.17, 15) is 14.7 Å². The number of nitrogens with one attached hydrogen (secondary N) is 1. The van der Waals surface area contributed by atoms with Crippen LogP contribution in [0, 0.1) is 11.8 Å². The maximum atomic E-state index is 12.2. The molecule has 0 aromatic heterocycles. The molecule has 0 bridgehead atoms. The monoisotopic (exact) mass is 368 g/mol. The van der Waals surface area contributed by atoms with Gasteiger partial charge >= 0.3 is 5.97 Å². The van der Waals surface area contributed by atoms with E-state index in [1.807, 2.05) is 54.3 Å². The molecule has 0 saturated carbocycles. The fraction of sp³-hybridized carbons (Fsp3) is 0.333. The second kappa shape index (κ2) is 8.68. The quantitative estimate of drug-likeness (QED) is 0.786. The molecule has 1 saturated heterocycles. The molecule has 1 aliphatic heterocycles. The van der Waals surface area contributed by atoms with E-state index >= 15 is 0 Å². The van der Waals surface area contributed by atoms with Gasteiger partial charge < -0.3 is 15.2 Å². The highest BCUT2D eigenvalue weighted by Crippen LogP contribution is 2.23. The number of hydrogen-bond acceptors (Lipinski definition) is 4. The molecule has 142 valence electrons. The molecule has 1 fully saturated rings. The molecule has 0 aliphatic carbocycles. The first-order valence-electron chi connectivity index (χ1n) is 9.03. The number of carbonyl (C=O) groups excluding carboxylic acids is 1. The van der Waals surface area contributed by atoms with Crippen LogP contribution in [-0.4, -0.2) is 41.5 Å². The maximum absolute atomic E-state index is 12.2. The van der Waals surface area contributed by atoms with Crippen molar-refractivity contribution in [1.29, 1.82) is 0 Å². The van der Waals surface area contributed by atoms with Gasteiger partial charge in [0.1, 0.15) is 12.4 Å². The van der Waals surface area contributed by atoms with Crippen LogP contribution in [0.1, 0.15) is 12.5 Å². The zero-order valence-corrected chi connectivity index (χ0v) is 15.3. The van der Waals surface area contributed by atoms with Crippen molar-refractivity contribution in [2.45, 2.75) is 13.5 Å². The molecule has 1 amide bonds. The Kier molecular flexibility index (Phi) is 6.08. The Morgan fingerprint density at radius 1 is 1.11 bits per heavy atom. The fourth-order valence-corrected chi connectivity index (χ4v) is 3.30. The second-order valence-electron chi connectivity index (χ2n) is 6.96. The number of ether oxygens (including phenoxy) is 1. The molecule has 6 nitrogen and oxygen atoms in total. The van der Waals surface area contributed by atoms with Crippen LogP contribution in [0.25, 0.3) is 0 Å². The van der Waals surface area contributed by atoms with Gasteiger partial charge in [-0.3, -0.25) is 14.5 Å². The molecule has 0 unspecified atom stereocenters. The van der Waals surface area contributed by atoms with Gasteiger partial charge in [-0.2, -0.15) is 0 Å². The van der Waals surface area contributed by atoms with E-state index in [2.05, 4.69) is 5.32 Å². The summed E-state index contributed by atoms with van der Waals surface area (Å²) in [5.41, 5.74) is 1.78. The summed E-state index contributed by atoms with van der Waals surface area (Å²) in [5.74, 6) is -0.563. The highest BCUT2D eigenvalue weighted by atomic mass is 16.5. The van der Waals surface area contributed by atoms with E-state index in [1.54, 1.807) is 12.1 Å². The number of carboxylic acids is 1. The van der Waals surface area contributed by atoms with Gasteiger partial charge in [0.25, 0.3) is 0 Å². The highest BCUT2D eigenvalue weighted by Gasteiger charge is 2.35. The molecule has 3 rings (SSSR count). The number of anilines is 1. The van der Waals surface area contributed by atoms with Gasteiger partial charge in [-0.05, 0) is 35.7 Å². The van der Waals surface area contributed by atoms with Gasteiger partial charge in [-0.15, -0.1) is 0 Å². The normalized spacial score (nSPS) is 19.6. The van der Waals surface area contributed by atoms with Gasteiger partial charge in [0.05, 0.1) is 12.5 Å². The lowest BCUT2D eigenvalue weighted by Crippen LogP contribution is -2.32. The second-order valence-corrected chi connectivity index (χ2v) is 6.96. The zero-order chi connectivity index (χ0) is 19.2. The zero-order valence-electron chi connectivity index (χ0n) is 15.3. The lowest BCUT2D eigenvalue weighted by Gasteiger charge is -2.15. The Morgan fingerprint density at radius 2 is 1.81 bits per heavy atom. The smallest absolute Gasteiger partial charge is 0.308 e. The third-order valence-electron chi connectivity index (χ3n) is 4.76. The molecule has 1 heterocycles. The van der Waals surface area contributed by atoms with E-state index in [4.69, 9.17) is 4.74 Å². The van der Waals surface area contributed by atoms with Crippen molar-refractivity contribution in [3.8, 4) is 5.75 Å². The van der Waals surface area contributed by atoms with Crippen LogP contribution in [-0.2, 0) is 16.2 Å². The highest BCUT2D eigenvalue weighted by molar-refractivity contribution is 5.92. The summed E-state index contributed by atoms with van der Waals surface area (Å²) in [5, 5.41) is 12.0. The molecule has 2 atom stereocenters. The molecule has 27 heavy (non-hydrogen) atoms. The van der Waals surface area contributed by atoms with Crippen LogP contribution in [0.2, 0.25) is 0 Å². The summed E-state index contributed by atoms with van der Waals surface area (Å²) >= 11 is 0. The van der Waals surface area contributed by atoms with Crippen molar-refractivity contribution in [3.05, 3.63) is 60.2 Å². The molecule has 2 aromatic carbocycles. The number of likely N-dealkylation sites (tertiary alicyclic amines) is 1. The van der Waals surface area contributed by atoms with Gasteiger partial charge in [-0.1, -0.05) is 37.3 Å². The number of aliphatic carboxylic acids is 1. The Bertz CT molecular complexity index is 777. The average molecular weight is 368 g/mol. The van der Waals surface area contributed by atoms with Crippen molar-refractivity contribution in [3.63, 3.8) is 0 Å². The number of benzene rings is 2. The molecule has 2 aromatic rings. The maximum Gasteiger partial charge on any atom is 0.308 e. The predicted molar refractivity (Wildman–Crippen MR) is 103 cm³/mol. The number of carbonyl (C=O) groups is 2. The lowest BCUT2D eigenvalue weighted by atomic mass is 9.99. The molecule has 1 aliphatic rings. The topological polar surface area (TPSA) is 78.9 Å². The van der Waals surface area contributed by atoms with Crippen LogP contribution in [0.5, 0.6) is 5.75 Å². The summed E-state index contributed by atoms with van der Waals surface area (Å²) in [4.78, 5) is 25.3. The van der Waals surface area contributed by atoms with Crippen LogP contribution in [0.4, 0.5) is 5.69 Å². The first-order chi connectivity index (χ1) is 13.0. The minimum atomic E-state index is -0.795. The van der Waals surface area contributed by atoms with Gasteiger partial charge in [0.2, 0.25) is 5.91 Å². The van der Waals surface area contributed by atoms with Gasteiger partial charge in [-0.25, -0.2) is 0 Å². The van der Waals surface area contributed by atoms with Crippen LogP contribution in [0.3, 0.4) is 0 Å². The van der Waals surface area contributed by atoms with Crippen molar-refractivity contribution in [2.24, 2.45) is 11.8 Å². The van der Waals surface area contributed by atoms with E-state index < -0.39 is 11.9 Å². The Morgan fingerprint density at radius 3 is 2.44 bits per heavy atom. The fourth-order valence-electron chi connectivity index (χ4n) is 3.30. The average Bonchev–Trinajstić information content (AvgIpc) is 3.02. The lowest BCUT2D eigenvalue weighted by molar-refractivity contribution is -0.142. The number of hydrogen-bond donors (Lipinski definition) is 2. The summed E-state index contributed by atoms with van der Waals surface area (Å²) in [7, 11) is 0. The van der Waals surface area contributed by atoms with Crippen molar-refractivity contribution in [1.82, 2.24) is 4.90 Å². The van der Waals surface area contributed by atoms with E-state index in [0.29, 0.717) is 25.4 Å². The molecule has 6 heteroatoms.